The Balaban J connectivity index is 2.55. The average molecular weight is 199 g/mol. The van der Waals surface area contributed by atoms with E-state index in [1.54, 1.807) is 0 Å². The van der Waals surface area contributed by atoms with E-state index in [0.717, 1.165) is 0 Å². The van der Waals surface area contributed by atoms with E-state index in [0.29, 0.717) is 0 Å². The smallest absolute Gasteiger partial charge is 0.307 e. The van der Waals surface area contributed by atoms with E-state index < -0.39 is 30.0 Å². The maximum absolute atomic E-state index is 11.3. The minimum atomic E-state index is -1.32. The molecule has 4 nitrogen and oxygen atoms in total. The van der Waals surface area contributed by atoms with Gasteiger partial charge in [0.25, 0.3) is 0 Å². The third-order valence-corrected chi connectivity index (χ3v) is 1.88. The van der Waals surface area contributed by atoms with Crippen LogP contribution in [0.15, 0.2) is 0 Å². The number of ether oxygens (including phenoxy) is 1. The summed E-state index contributed by atoms with van der Waals surface area (Å²) in [7, 11) is 0. The van der Waals surface area contributed by atoms with Gasteiger partial charge in [0.05, 0.1) is 0 Å². The molecular formula is C10H14O4. The van der Waals surface area contributed by atoms with Crippen LogP contribution >= 0.6 is 0 Å². The lowest BCUT2D eigenvalue weighted by Gasteiger charge is -2.10. The molecular weight excluding hydrogens is 184 g/mol. The van der Waals surface area contributed by atoms with Gasteiger partial charge in [0.1, 0.15) is 0 Å². The fourth-order valence-electron chi connectivity index (χ4n) is 1.21. The first kappa shape index (κ1) is 9.37. The molecule has 0 aromatic heterocycles. The molecule has 0 aliphatic heterocycles. The fraction of sp³-hybridized carbons (Fsp3) is 0.700. The Labute approximate surface area is 84.0 Å². The van der Waals surface area contributed by atoms with Crippen LogP contribution in [0, 0.1) is 5.92 Å². The predicted octanol–water partition coefficient (Wildman–Crippen LogP) is 0.876. The maximum Gasteiger partial charge on any atom is 0.307 e. The Kier molecular flexibility index (Phi) is 2.91. The molecule has 1 aliphatic carbocycles. The zero-order valence-corrected chi connectivity index (χ0v) is 8.28. The second kappa shape index (κ2) is 4.35. The van der Waals surface area contributed by atoms with Gasteiger partial charge in [0.2, 0.25) is 6.10 Å². The van der Waals surface area contributed by atoms with Crippen molar-refractivity contribution >= 4 is 17.5 Å². The molecule has 0 aromatic rings. The van der Waals surface area contributed by atoms with Crippen molar-refractivity contribution in [3.05, 3.63) is 0 Å². The van der Waals surface area contributed by atoms with Crippen LogP contribution in [0.4, 0.5) is 0 Å². The highest BCUT2D eigenvalue weighted by Crippen LogP contribution is 2.15. The van der Waals surface area contributed by atoms with Crippen LogP contribution in [0.2, 0.25) is 0 Å². The Morgan fingerprint density at radius 3 is 2.64 bits per heavy atom. The predicted molar refractivity (Wildman–Crippen MR) is 48.6 cm³/mol. The molecule has 0 amide bonds. The first-order valence-electron chi connectivity index (χ1n) is 5.17. The third kappa shape index (κ3) is 2.65. The molecule has 2 atom stereocenters. The highest BCUT2D eigenvalue weighted by atomic mass is 16.5. The number of ketones is 2. The molecule has 14 heavy (non-hydrogen) atoms. The van der Waals surface area contributed by atoms with Crippen LogP contribution in [-0.4, -0.2) is 23.6 Å². The average Bonchev–Trinajstić information content (AvgIpc) is 2.31. The van der Waals surface area contributed by atoms with Crippen LogP contribution in [0.3, 0.4) is 0 Å². The molecule has 1 rings (SSSR count). The summed E-state index contributed by atoms with van der Waals surface area (Å²) in [5.41, 5.74) is 0. The van der Waals surface area contributed by atoms with E-state index in [-0.39, 0.29) is 18.8 Å². The van der Waals surface area contributed by atoms with Crippen LogP contribution in [-0.2, 0) is 19.1 Å². The number of hydrogen-bond donors (Lipinski definition) is 0. The Bertz CT molecular complexity index is 298. The molecule has 0 heterocycles. The van der Waals surface area contributed by atoms with Gasteiger partial charge >= 0.3 is 5.97 Å². The van der Waals surface area contributed by atoms with Crippen molar-refractivity contribution in [2.45, 2.75) is 39.2 Å². The first-order chi connectivity index (χ1) is 6.91. The second-order valence-electron chi connectivity index (χ2n) is 3.74. The van der Waals surface area contributed by atoms with E-state index in [4.69, 9.17) is 6.11 Å². The zero-order chi connectivity index (χ0) is 11.6. The van der Waals surface area contributed by atoms with Crippen molar-refractivity contribution in [3.63, 3.8) is 0 Å². The fourth-order valence-corrected chi connectivity index (χ4v) is 1.21. The number of hydrogen-bond acceptors (Lipinski definition) is 4. The van der Waals surface area contributed by atoms with Crippen LogP contribution in [0.1, 0.15) is 34.5 Å². The standard InChI is InChI=1S/C10H14O4/c1-6(2)5-9(13)14-10-7(11)3-4-8(10)12/h6,10H,3-5H2,1-2H3/i3D. The summed E-state index contributed by atoms with van der Waals surface area (Å²) >= 11 is 0. The van der Waals surface area contributed by atoms with Crippen molar-refractivity contribution in [3.8, 4) is 0 Å². The van der Waals surface area contributed by atoms with Crippen molar-refractivity contribution in [1.82, 2.24) is 0 Å². The number of rotatable bonds is 3. The SMILES string of the molecule is [2H]C1CC(=O)C(OC(=O)CC(C)C)C1=O. The van der Waals surface area contributed by atoms with Gasteiger partial charge < -0.3 is 4.74 Å². The summed E-state index contributed by atoms with van der Waals surface area (Å²) in [4.78, 5) is 33.7. The molecule has 1 saturated carbocycles. The minimum Gasteiger partial charge on any atom is -0.446 e. The quantitative estimate of drug-likeness (QED) is 0.500. The lowest BCUT2D eigenvalue weighted by molar-refractivity contribution is -0.158. The molecule has 78 valence electrons. The topological polar surface area (TPSA) is 60.4 Å². The largest absolute Gasteiger partial charge is 0.446 e. The summed E-state index contributed by atoms with van der Waals surface area (Å²) in [6.45, 7) is 3.68. The van der Waals surface area contributed by atoms with Gasteiger partial charge in [-0.3, -0.25) is 14.4 Å². The molecule has 0 radical (unpaired) electrons. The van der Waals surface area contributed by atoms with Crippen molar-refractivity contribution in [2.24, 2.45) is 5.92 Å². The molecule has 4 heteroatoms. The van der Waals surface area contributed by atoms with Gasteiger partial charge in [-0.2, -0.15) is 0 Å². The minimum absolute atomic E-state index is 0.121. The van der Waals surface area contributed by atoms with Crippen LogP contribution in [0.5, 0.6) is 0 Å². The summed E-state index contributed by atoms with van der Waals surface area (Å²) < 4.78 is 12.0. The summed E-state index contributed by atoms with van der Waals surface area (Å²) in [5.74, 6) is -1.49. The maximum atomic E-state index is 11.3. The highest BCUT2D eigenvalue weighted by molar-refractivity contribution is 6.12. The van der Waals surface area contributed by atoms with Gasteiger partial charge in [-0.1, -0.05) is 13.8 Å². The van der Waals surface area contributed by atoms with Gasteiger partial charge in [0.15, 0.2) is 11.6 Å². The third-order valence-electron chi connectivity index (χ3n) is 1.88. The summed E-state index contributed by atoms with van der Waals surface area (Å²) in [6.07, 6.45) is -2.34. The Morgan fingerprint density at radius 2 is 2.21 bits per heavy atom. The van der Waals surface area contributed by atoms with Crippen molar-refractivity contribution in [1.29, 1.82) is 0 Å². The molecule has 0 saturated heterocycles. The second-order valence-corrected chi connectivity index (χ2v) is 3.74. The normalized spacial score (nSPS) is 28.1. The molecule has 2 unspecified atom stereocenters. The van der Waals surface area contributed by atoms with E-state index >= 15 is 0 Å². The number of carbonyl (C=O) groups is 3. The summed E-state index contributed by atoms with van der Waals surface area (Å²) in [5, 5.41) is 0. The lowest BCUT2D eigenvalue weighted by atomic mass is 10.1. The Hall–Kier alpha value is -1.19. The van der Waals surface area contributed by atoms with Gasteiger partial charge in [-0.05, 0) is 5.92 Å². The number of Topliss-reactive ketones (excluding diaryl/α,β-unsaturated/α-hetero) is 2. The van der Waals surface area contributed by atoms with Gasteiger partial charge in [-0.15, -0.1) is 0 Å². The molecule has 0 bridgehead atoms. The molecule has 1 fully saturated rings. The summed E-state index contributed by atoms with van der Waals surface area (Å²) in [6, 6.07) is 0. The number of esters is 1. The Morgan fingerprint density at radius 1 is 1.57 bits per heavy atom. The van der Waals surface area contributed by atoms with E-state index in [1.165, 1.54) is 0 Å². The van der Waals surface area contributed by atoms with E-state index in [2.05, 4.69) is 0 Å². The lowest BCUT2D eigenvalue weighted by Crippen LogP contribution is -2.28. The first-order valence-corrected chi connectivity index (χ1v) is 4.60. The van der Waals surface area contributed by atoms with Crippen molar-refractivity contribution < 1.29 is 20.5 Å². The van der Waals surface area contributed by atoms with Crippen LogP contribution in [0.25, 0.3) is 0 Å². The molecule has 0 N–H and O–H groups in total. The molecule has 1 aliphatic rings. The van der Waals surface area contributed by atoms with Crippen LogP contribution < -0.4 is 0 Å². The molecule has 0 aromatic carbocycles. The highest BCUT2D eigenvalue weighted by Gasteiger charge is 2.35. The zero-order valence-electron chi connectivity index (χ0n) is 9.28. The van der Waals surface area contributed by atoms with Crippen molar-refractivity contribution in [2.75, 3.05) is 0 Å². The monoisotopic (exact) mass is 199 g/mol. The number of carbonyl (C=O) groups excluding carboxylic acids is 3. The molecule has 0 spiro atoms. The van der Waals surface area contributed by atoms with E-state index in [1.807, 2.05) is 13.8 Å². The van der Waals surface area contributed by atoms with E-state index in [9.17, 15) is 14.4 Å². The van der Waals surface area contributed by atoms with Gasteiger partial charge in [0, 0.05) is 20.6 Å². The van der Waals surface area contributed by atoms with Gasteiger partial charge in [-0.25, -0.2) is 0 Å².